The fourth-order valence-electron chi connectivity index (χ4n) is 2.70. The molecule has 0 saturated carbocycles. The molecular formula is C16H25NO2. The van der Waals surface area contributed by atoms with Crippen LogP contribution in [0.2, 0.25) is 0 Å². The highest BCUT2D eigenvalue weighted by atomic mass is 16.5. The molecule has 1 N–H and O–H groups in total. The van der Waals surface area contributed by atoms with Gasteiger partial charge in [-0.15, -0.1) is 0 Å². The van der Waals surface area contributed by atoms with Gasteiger partial charge in [-0.05, 0) is 37.3 Å². The van der Waals surface area contributed by atoms with Gasteiger partial charge in [0.2, 0.25) is 0 Å². The van der Waals surface area contributed by atoms with Crippen molar-refractivity contribution in [2.24, 2.45) is 0 Å². The van der Waals surface area contributed by atoms with E-state index in [1.807, 2.05) is 0 Å². The monoisotopic (exact) mass is 263 g/mol. The number of nitrogens with zero attached hydrogens (tertiary/aromatic N) is 1. The zero-order valence-corrected chi connectivity index (χ0v) is 11.8. The highest BCUT2D eigenvalue weighted by Gasteiger charge is 2.17. The molecule has 0 aromatic rings. The quantitative estimate of drug-likeness (QED) is 0.826. The summed E-state index contributed by atoms with van der Waals surface area (Å²) in [4.78, 5) is 2.29. The van der Waals surface area contributed by atoms with Gasteiger partial charge in [-0.1, -0.05) is 24.3 Å². The van der Waals surface area contributed by atoms with Crippen molar-refractivity contribution in [2.75, 3.05) is 32.8 Å². The van der Waals surface area contributed by atoms with Crippen molar-refractivity contribution in [1.29, 1.82) is 0 Å². The molecule has 0 aromatic carbocycles. The van der Waals surface area contributed by atoms with Gasteiger partial charge in [0.15, 0.2) is 0 Å². The van der Waals surface area contributed by atoms with Crippen LogP contribution >= 0.6 is 0 Å². The third-order valence-electron chi connectivity index (χ3n) is 3.80. The molecule has 0 radical (unpaired) electrons. The van der Waals surface area contributed by atoms with Crippen molar-refractivity contribution in [3.05, 3.63) is 35.5 Å². The minimum atomic E-state index is -0.281. The Bertz CT molecular complexity index is 365. The summed E-state index contributed by atoms with van der Waals surface area (Å²) in [5, 5.41) is 10.3. The summed E-state index contributed by atoms with van der Waals surface area (Å²) in [5.74, 6) is 0. The van der Waals surface area contributed by atoms with Gasteiger partial charge in [0.1, 0.15) is 0 Å². The van der Waals surface area contributed by atoms with E-state index in [4.69, 9.17) is 4.74 Å². The Labute approximate surface area is 116 Å². The second kappa shape index (κ2) is 7.63. The van der Waals surface area contributed by atoms with Crippen LogP contribution in [0.4, 0.5) is 0 Å². The normalized spacial score (nSPS) is 23.3. The second-order valence-corrected chi connectivity index (χ2v) is 5.24. The predicted octanol–water partition coefficient (Wildman–Crippen LogP) is 2.29. The molecule has 0 bridgehead atoms. The lowest BCUT2D eigenvalue weighted by Crippen LogP contribution is -2.41. The van der Waals surface area contributed by atoms with Gasteiger partial charge in [-0.2, -0.15) is 0 Å². The smallest absolute Gasteiger partial charge is 0.0707 e. The molecule has 1 aliphatic heterocycles. The standard InChI is InChI=1S/C16H25NO2/c1-2-14(15-6-4-3-5-7-15)12-16(18)13-17-8-10-19-11-9-17/h2-4,6,16,18H,5,7-13H2,1H3/b14-2+. The first kappa shape index (κ1) is 14.5. The molecule has 1 fully saturated rings. The molecule has 0 spiro atoms. The summed E-state index contributed by atoms with van der Waals surface area (Å²) in [7, 11) is 0. The van der Waals surface area contributed by atoms with Gasteiger partial charge in [-0.3, -0.25) is 4.90 Å². The Morgan fingerprint density at radius 3 is 2.89 bits per heavy atom. The molecule has 106 valence electrons. The fraction of sp³-hybridized carbons (Fsp3) is 0.625. The third-order valence-corrected chi connectivity index (χ3v) is 3.80. The molecule has 1 aliphatic carbocycles. The molecule has 0 aromatic heterocycles. The van der Waals surface area contributed by atoms with Gasteiger partial charge in [-0.25, -0.2) is 0 Å². The summed E-state index contributed by atoms with van der Waals surface area (Å²) in [5.41, 5.74) is 2.68. The van der Waals surface area contributed by atoms with E-state index in [9.17, 15) is 5.11 Å². The molecule has 1 saturated heterocycles. The Kier molecular flexibility index (Phi) is 5.83. The first-order chi connectivity index (χ1) is 9.29. The molecule has 2 aliphatic rings. The van der Waals surface area contributed by atoms with Crippen molar-refractivity contribution < 1.29 is 9.84 Å². The molecular weight excluding hydrogens is 238 g/mol. The summed E-state index contributed by atoms with van der Waals surface area (Å²) in [6.07, 6.45) is 11.3. The maximum absolute atomic E-state index is 10.3. The van der Waals surface area contributed by atoms with Crippen LogP contribution in [0, 0.1) is 0 Å². The van der Waals surface area contributed by atoms with E-state index in [0.717, 1.165) is 52.1 Å². The van der Waals surface area contributed by atoms with Crippen LogP contribution in [0.25, 0.3) is 0 Å². The van der Waals surface area contributed by atoms with Crippen molar-refractivity contribution >= 4 is 0 Å². The van der Waals surface area contributed by atoms with Crippen LogP contribution in [0.15, 0.2) is 35.5 Å². The first-order valence-electron chi connectivity index (χ1n) is 7.29. The predicted molar refractivity (Wildman–Crippen MR) is 78.1 cm³/mol. The van der Waals surface area contributed by atoms with Gasteiger partial charge in [0.25, 0.3) is 0 Å². The van der Waals surface area contributed by atoms with Gasteiger partial charge >= 0.3 is 0 Å². The van der Waals surface area contributed by atoms with E-state index in [0.29, 0.717) is 0 Å². The highest BCUT2D eigenvalue weighted by molar-refractivity contribution is 5.36. The van der Waals surface area contributed by atoms with Crippen LogP contribution in [0.3, 0.4) is 0 Å². The molecule has 3 nitrogen and oxygen atoms in total. The van der Waals surface area contributed by atoms with Crippen LogP contribution in [-0.4, -0.2) is 49.0 Å². The molecule has 2 rings (SSSR count). The molecule has 1 atom stereocenters. The molecule has 19 heavy (non-hydrogen) atoms. The lowest BCUT2D eigenvalue weighted by Gasteiger charge is -2.29. The van der Waals surface area contributed by atoms with Gasteiger partial charge < -0.3 is 9.84 Å². The van der Waals surface area contributed by atoms with Gasteiger partial charge in [0, 0.05) is 19.6 Å². The maximum Gasteiger partial charge on any atom is 0.0707 e. The minimum Gasteiger partial charge on any atom is -0.391 e. The van der Waals surface area contributed by atoms with E-state index >= 15 is 0 Å². The Balaban J connectivity index is 1.84. The van der Waals surface area contributed by atoms with Crippen LogP contribution in [0.5, 0.6) is 0 Å². The number of rotatable bonds is 5. The van der Waals surface area contributed by atoms with Gasteiger partial charge in [0.05, 0.1) is 19.3 Å². The number of morpholine rings is 1. The molecule has 1 heterocycles. The van der Waals surface area contributed by atoms with E-state index in [2.05, 4.69) is 36.1 Å². The lowest BCUT2D eigenvalue weighted by molar-refractivity contribution is 0.0150. The zero-order valence-electron chi connectivity index (χ0n) is 11.8. The molecule has 1 unspecified atom stereocenters. The topological polar surface area (TPSA) is 32.7 Å². The van der Waals surface area contributed by atoms with Crippen LogP contribution in [0.1, 0.15) is 26.2 Å². The number of hydrogen-bond acceptors (Lipinski definition) is 3. The summed E-state index contributed by atoms with van der Waals surface area (Å²) >= 11 is 0. The van der Waals surface area contributed by atoms with Crippen molar-refractivity contribution in [3.8, 4) is 0 Å². The Morgan fingerprint density at radius 1 is 1.47 bits per heavy atom. The zero-order chi connectivity index (χ0) is 13.5. The van der Waals surface area contributed by atoms with Crippen molar-refractivity contribution in [3.63, 3.8) is 0 Å². The first-order valence-corrected chi connectivity index (χ1v) is 7.29. The van der Waals surface area contributed by atoms with Crippen LogP contribution in [-0.2, 0) is 4.74 Å². The van der Waals surface area contributed by atoms with Crippen LogP contribution < -0.4 is 0 Å². The van der Waals surface area contributed by atoms with E-state index < -0.39 is 0 Å². The average Bonchev–Trinajstić information content (AvgIpc) is 2.47. The Morgan fingerprint density at radius 2 is 2.26 bits per heavy atom. The summed E-state index contributed by atoms with van der Waals surface area (Å²) in [6.45, 7) is 6.28. The molecule has 0 amide bonds. The second-order valence-electron chi connectivity index (χ2n) is 5.24. The van der Waals surface area contributed by atoms with E-state index in [-0.39, 0.29) is 6.10 Å². The van der Waals surface area contributed by atoms with Crippen molar-refractivity contribution in [2.45, 2.75) is 32.3 Å². The number of aliphatic hydroxyl groups is 1. The number of ether oxygens (including phenoxy) is 1. The SMILES string of the molecule is C/C=C(\CC(O)CN1CCOCC1)C1=CC=CCC1. The van der Waals surface area contributed by atoms with Crippen molar-refractivity contribution in [1.82, 2.24) is 4.90 Å². The summed E-state index contributed by atoms with van der Waals surface area (Å²) < 4.78 is 5.33. The van der Waals surface area contributed by atoms with E-state index in [1.165, 1.54) is 11.1 Å². The average molecular weight is 263 g/mol. The number of β-amino-alcohol motifs (C(OH)–C–C–N with tert-alkyl or cyclic N) is 1. The summed E-state index contributed by atoms with van der Waals surface area (Å²) in [6, 6.07) is 0. The molecule has 3 heteroatoms. The third kappa shape index (κ3) is 4.60. The maximum atomic E-state index is 10.3. The largest absolute Gasteiger partial charge is 0.391 e. The lowest BCUT2D eigenvalue weighted by atomic mass is 9.93. The number of aliphatic hydroxyl groups excluding tert-OH is 1. The minimum absolute atomic E-state index is 0.281. The number of hydrogen-bond donors (Lipinski definition) is 1. The fourth-order valence-corrected chi connectivity index (χ4v) is 2.70. The number of allylic oxidation sites excluding steroid dienone is 5. The van der Waals surface area contributed by atoms with E-state index in [1.54, 1.807) is 0 Å². The highest BCUT2D eigenvalue weighted by Crippen LogP contribution is 2.24. The Hall–Kier alpha value is -0.900.